The van der Waals surface area contributed by atoms with Crippen LogP contribution in [0.2, 0.25) is 0 Å². The lowest BCUT2D eigenvalue weighted by Gasteiger charge is -2.32. The quantitative estimate of drug-likeness (QED) is 0.892. The Balaban J connectivity index is 1.96. The van der Waals surface area contributed by atoms with Gasteiger partial charge in [-0.1, -0.05) is 18.2 Å². The average Bonchev–Trinajstić information content (AvgIpc) is 2.42. The van der Waals surface area contributed by atoms with Gasteiger partial charge in [-0.15, -0.1) is 0 Å². The number of carbonyl (C=O) groups excluding carboxylic acids is 1. The molecule has 0 aromatic heterocycles. The van der Waals surface area contributed by atoms with Gasteiger partial charge in [-0.3, -0.25) is 0 Å². The molecule has 2 rings (SSSR count). The van der Waals surface area contributed by atoms with E-state index in [1.165, 1.54) is 0 Å². The van der Waals surface area contributed by atoms with Crippen LogP contribution in [-0.2, 0) is 0 Å². The number of rotatable bonds is 3. The second kappa shape index (κ2) is 6.40. The molecule has 18 heavy (non-hydrogen) atoms. The summed E-state index contributed by atoms with van der Waals surface area (Å²) in [5.74, 6) is 0.606. The molecule has 1 amide bonds. The summed E-state index contributed by atoms with van der Waals surface area (Å²) in [5.41, 5.74) is 0. The number of para-hydroxylation sites is 1. The molecule has 0 saturated carbocycles. The molecule has 98 valence electrons. The molecular formula is C14H20N2O2. The first-order valence-electron chi connectivity index (χ1n) is 6.55. The van der Waals surface area contributed by atoms with Crippen LogP contribution in [0.25, 0.3) is 0 Å². The zero-order chi connectivity index (χ0) is 12.8. The first-order chi connectivity index (χ1) is 8.81. The van der Waals surface area contributed by atoms with Gasteiger partial charge in [-0.25, -0.2) is 4.79 Å². The van der Waals surface area contributed by atoms with Crippen molar-refractivity contribution < 1.29 is 9.53 Å². The van der Waals surface area contributed by atoms with Crippen LogP contribution in [0.3, 0.4) is 0 Å². The minimum absolute atomic E-state index is 0.240. The Hall–Kier alpha value is -1.55. The van der Waals surface area contributed by atoms with Crippen LogP contribution in [0.15, 0.2) is 30.3 Å². The maximum atomic E-state index is 12.1. The number of hydrogen-bond acceptors (Lipinski definition) is 3. The van der Waals surface area contributed by atoms with E-state index < -0.39 is 0 Å². The molecule has 0 radical (unpaired) electrons. The summed E-state index contributed by atoms with van der Waals surface area (Å²) < 4.78 is 5.39. The van der Waals surface area contributed by atoms with Crippen molar-refractivity contribution in [3.05, 3.63) is 30.3 Å². The van der Waals surface area contributed by atoms with Gasteiger partial charge in [0.15, 0.2) is 0 Å². The molecule has 0 spiro atoms. The predicted octanol–water partition coefficient (Wildman–Crippen LogP) is 2.26. The zero-order valence-corrected chi connectivity index (χ0v) is 10.8. The van der Waals surface area contributed by atoms with Gasteiger partial charge in [0.05, 0.1) is 0 Å². The third-order valence-electron chi connectivity index (χ3n) is 3.27. The van der Waals surface area contributed by atoms with Crippen LogP contribution < -0.4 is 10.1 Å². The second-order valence-corrected chi connectivity index (χ2v) is 4.45. The number of nitrogens with zero attached hydrogens (tertiary/aromatic N) is 1. The minimum atomic E-state index is -0.240. The lowest BCUT2D eigenvalue weighted by molar-refractivity contribution is 0.123. The fraction of sp³-hybridized carbons (Fsp3) is 0.500. The highest BCUT2D eigenvalue weighted by Crippen LogP contribution is 2.15. The molecule has 4 heteroatoms. The molecule has 1 N–H and O–H groups in total. The first-order valence-corrected chi connectivity index (χ1v) is 6.55. The normalized spacial score (nSPS) is 16.3. The molecule has 1 saturated heterocycles. The summed E-state index contributed by atoms with van der Waals surface area (Å²) in [5, 5.41) is 3.30. The molecule has 1 aromatic rings. The lowest BCUT2D eigenvalue weighted by atomic mass is 10.1. The second-order valence-electron chi connectivity index (χ2n) is 4.45. The summed E-state index contributed by atoms with van der Waals surface area (Å²) in [6.07, 6.45) is 1.76. The molecular weight excluding hydrogens is 228 g/mol. The van der Waals surface area contributed by atoms with Gasteiger partial charge in [-0.2, -0.15) is 0 Å². The van der Waals surface area contributed by atoms with E-state index >= 15 is 0 Å². The molecule has 0 atom stereocenters. The topological polar surface area (TPSA) is 41.6 Å². The molecule has 1 aliphatic heterocycles. The molecule has 1 heterocycles. The van der Waals surface area contributed by atoms with Gasteiger partial charge < -0.3 is 15.0 Å². The van der Waals surface area contributed by atoms with Crippen LogP contribution in [0.4, 0.5) is 4.79 Å². The summed E-state index contributed by atoms with van der Waals surface area (Å²) >= 11 is 0. The predicted molar refractivity (Wildman–Crippen MR) is 70.7 cm³/mol. The van der Waals surface area contributed by atoms with Crippen molar-refractivity contribution in [3.8, 4) is 5.75 Å². The van der Waals surface area contributed by atoms with E-state index in [-0.39, 0.29) is 6.09 Å². The van der Waals surface area contributed by atoms with Gasteiger partial charge >= 0.3 is 6.09 Å². The van der Waals surface area contributed by atoms with E-state index in [9.17, 15) is 4.79 Å². The van der Waals surface area contributed by atoms with Gasteiger partial charge in [0.25, 0.3) is 0 Å². The SMILES string of the molecule is CCN(C(=O)Oc1ccccc1)C1CCNCC1. The molecule has 4 nitrogen and oxygen atoms in total. The van der Waals surface area contributed by atoms with Gasteiger partial charge in [0.1, 0.15) is 5.75 Å². The number of benzene rings is 1. The lowest BCUT2D eigenvalue weighted by Crippen LogP contribution is -2.47. The van der Waals surface area contributed by atoms with Crippen molar-refractivity contribution in [2.75, 3.05) is 19.6 Å². The minimum Gasteiger partial charge on any atom is -0.410 e. The van der Waals surface area contributed by atoms with Gasteiger partial charge in [0.2, 0.25) is 0 Å². The first kappa shape index (κ1) is 12.9. The molecule has 0 aliphatic carbocycles. The molecule has 1 aromatic carbocycles. The fourth-order valence-electron chi connectivity index (χ4n) is 2.30. The van der Waals surface area contributed by atoms with E-state index in [0.29, 0.717) is 18.3 Å². The summed E-state index contributed by atoms with van der Waals surface area (Å²) in [6, 6.07) is 9.53. The Kier molecular flexibility index (Phi) is 4.59. The molecule has 0 bridgehead atoms. The smallest absolute Gasteiger partial charge is 0.410 e. The number of ether oxygens (including phenoxy) is 1. The highest BCUT2D eigenvalue weighted by Gasteiger charge is 2.25. The maximum absolute atomic E-state index is 12.1. The van der Waals surface area contributed by atoms with Crippen molar-refractivity contribution in [1.29, 1.82) is 0 Å². The van der Waals surface area contributed by atoms with Crippen molar-refractivity contribution in [2.24, 2.45) is 0 Å². The Morgan fingerprint density at radius 3 is 2.61 bits per heavy atom. The monoisotopic (exact) mass is 248 g/mol. The van der Waals surface area contributed by atoms with E-state index in [2.05, 4.69) is 5.32 Å². The summed E-state index contributed by atoms with van der Waals surface area (Å²) in [7, 11) is 0. The zero-order valence-electron chi connectivity index (χ0n) is 10.8. The van der Waals surface area contributed by atoms with E-state index in [1.54, 1.807) is 12.1 Å². The van der Waals surface area contributed by atoms with Gasteiger partial charge in [0, 0.05) is 12.6 Å². The Labute approximate surface area is 108 Å². The Morgan fingerprint density at radius 1 is 1.33 bits per heavy atom. The van der Waals surface area contributed by atoms with Crippen LogP contribution in [0.5, 0.6) is 5.75 Å². The van der Waals surface area contributed by atoms with Crippen LogP contribution in [-0.4, -0.2) is 36.7 Å². The third kappa shape index (κ3) is 3.23. The van der Waals surface area contributed by atoms with E-state index in [4.69, 9.17) is 4.74 Å². The number of amides is 1. The summed E-state index contributed by atoms with van der Waals surface area (Å²) in [6.45, 7) is 4.63. The standard InChI is InChI=1S/C14H20N2O2/c1-2-16(12-8-10-15-11-9-12)14(17)18-13-6-4-3-5-7-13/h3-7,12,15H,2,8-11H2,1H3. The summed E-state index contributed by atoms with van der Waals surface area (Å²) in [4.78, 5) is 14.0. The van der Waals surface area contributed by atoms with Crippen molar-refractivity contribution in [1.82, 2.24) is 10.2 Å². The van der Waals surface area contributed by atoms with Crippen LogP contribution >= 0.6 is 0 Å². The molecule has 0 unspecified atom stereocenters. The van der Waals surface area contributed by atoms with Gasteiger partial charge in [-0.05, 0) is 45.0 Å². The number of carbonyl (C=O) groups is 1. The molecule has 1 aliphatic rings. The van der Waals surface area contributed by atoms with Crippen molar-refractivity contribution in [2.45, 2.75) is 25.8 Å². The van der Waals surface area contributed by atoms with Crippen molar-refractivity contribution >= 4 is 6.09 Å². The Morgan fingerprint density at radius 2 is 2.00 bits per heavy atom. The number of piperidine rings is 1. The number of hydrogen-bond donors (Lipinski definition) is 1. The van der Waals surface area contributed by atoms with E-state index in [0.717, 1.165) is 25.9 Å². The van der Waals surface area contributed by atoms with Crippen LogP contribution in [0, 0.1) is 0 Å². The third-order valence-corrected chi connectivity index (χ3v) is 3.27. The largest absolute Gasteiger partial charge is 0.415 e. The van der Waals surface area contributed by atoms with Crippen molar-refractivity contribution in [3.63, 3.8) is 0 Å². The maximum Gasteiger partial charge on any atom is 0.415 e. The average molecular weight is 248 g/mol. The highest BCUT2D eigenvalue weighted by atomic mass is 16.6. The Bertz CT molecular complexity index is 375. The molecule has 1 fully saturated rings. The number of nitrogens with one attached hydrogen (secondary N) is 1. The van der Waals surface area contributed by atoms with Crippen LogP contribution in [0.1, 0.15) is 19.8 Å². The fourth-order valence-corrected chi connectivity index (χ4v) is 2.30. The van der Waals surface area contributed by atoms with E-state index in [1.807, 2.05) is 30.0 Å². The highest BCUT2D eigenvalue weighted by molar-refractivity contribution is 5.71.